The molecule has 2 N–H and O–H groups in total. The second-order valence-corrected chi connectivity index (χ2v) is 7.27. The van der Waals surface area contributed by atoms with Gasteiger partial charge in [0, 0.05) is 30.2 Å². The van der Waals surface area contributed by atoms with Crippen LogP contribution in [0, 0.1) is 0 Å². The number of benzene rings is 2. The molecule has 1 fully saturated rings. The number of halogens is 1. The van der Waals surface area contributed by atoms with E-state index in [-0.39, 0.29) is 11.9 Å². The predicted octanol–water partition coefficient (Wildman–Crippen LogP) is 4.54. The minimum Gasteiger partial charge on any atom is -0.337 e. The number of rotatable bonds is 3. The summed E-state index contributed by atoms with van der Waals surface area (Å²) in [5, 5.41) is 1.42. The van der Waals surface area contributed by atoms with Gasteiger partial charge in [-0.2, -0.15) is 0 Å². The van der Waals surface area contributed by atoms with E-state index in [1.165, 1.54) is 0 Å². The van der Waals surface area contributed by atoms with Gasteiger partial charge in [0.15, 0.2) is 0 Å². The first-order valence-electron chi connectivity index (χ1n) is 9.02. The van der Waals surface area contributed by atoms with Crippen molar-refractivity contribution in [2.24, 2.45) is 5.73 Å². The van der Waals surface area contributed by atoms with Crippen molar-refractivity contribution in [2.75, 3.05) is 13.1 Å². The second kappa shape index (κ2) is 6.78. The summed E-state index contributed by atoms with van der Waals surface area (Å²) in [6.07, 6.45) is 2.10. The van der Waals surface area contributed by atoms with Gasteiger partial charge in [-0.3, -0.25) is 4.79 Å². The van der Waals surface area contributed by atoms with E-state index in [4.69, 9.17) is 17.3 Å². The van der Waals surface area contributed by atoms with E-state index in [1.807, 2.05) is 64.9 Å². The highest BCUT2D eigenvalue weighted by molar-refractivity contribution is 6.39. The van der Waals surface area contributed by atoms with Crippen LogP contribution in [0.25, 0.3) is 16.6 Å². The number of para-hydroxylation sites is 1. The lowest BCUT2D eigenvalue weighted by atomic mass is 10.1. The summed E-state index contributed by atoms with van der Waals surface area (Å²) in [6.45, 7) is 3.54. The molecule has 0 spiro atoms. The van der Waals surface area contributed by atoms with Crippen LogP contribution in [-0.4, -0.2) is 28.5 Å². The Bertz CT molecular complexity index is 953. The molecule has 1 aromatic heterocycles. The lowest BCUT2D eigenvalue weighted by molar-refractivity contribution is 0.0785. The van der Waals surface area contributed by atoms with Crippen molar-refractivity contribution in [1.29, 1.82) is 0 Å². The standard InChI is InChI=1S/C21H22ClN3O/c1-14(23)15-8-10-16(11-9-15)25-18-7-3-2-6-17(18)19(22)20(25)21(26)24-12-4-5-13-24/h2-3,6-11,14H,4-5,12-13,23H2,1H3. The minimum absolute atomic E-state index is 0.0000283. The smallest absolute Gasteiger partial charge is 0.272 e. The van der Waals surface area contributed by atoms with E-state index >= 15 is 0 Å². The van der Waals surface area contributed by atoms with Crippen LogP contribution in [0.3, 0.4) is 0 Å². The molecule has 26 heavy (non-hydrogen) atoms. The SMILES string of the molecule is CC(N)c1ccc(-n2c(C(=O)N3CCCC3)c(Cl)c3ccccc32)cc1. The molecule has 2 aromatic carbocycles. The molecule has 4 rings (SSSR count). The summed E-state index contributed by atoms with van der Waals surface area (Å²) in [5.41, 5.74) is 9.43. The maximum Gasteiger partial charge on any atom is 0.272 e. The first kappa shape index (κ1) is 17.1. The lowest BCUT2D eigenvalue weighted by Crippen LogP contribution is -2.29. The summed E-state index contributed by atoms with van der Waals surface area (Å²) in [4.78, 5) is 15.1. The molecule has 0 aliphatic carbocycles. The van der Waals surface area contributed by atoms with Gasteiger partial charge in [0.25, 0.3) is 5.91 Å². The van der Waals surface area contributed by atoms with Crippen molar-refractivity contribution < 1.29 is 4.79 Å². The zero-order valence-electron chi connectivity index (χ0n) is 14.8. The van der Waals surface area contributed by atoms with Crippen LogP contribution < -0.4 is 5.73 Å². The number of carbonyl (C=O) groups excluding carboxylic acids is 1. The summed E-state index contributed by atoms with van der Waals surface area (Å²) >= 11 is 6.68. The molecule has 0 bridgehead atoms. The number of likely N-dealkylation sites (tertiary alicyclic amines) is 1. The van der Waals surface area contributed by atoms with Crippen LogP contribution in [0.15, 0.2) is 48.5 Å². The third kappa shape index (κ3) is 2.79. The largest absolute Gasteiger partial charge is 0.337 e. The van der Waals surface area contributed by atoms with Crippen molar-refractivity contribution in [3.63, 3.8) is 0 Å². The van der Waals surface area contributed by atoms with Crippen LogP contribution in [0.4, 0.5) is 0 Å². The highest BCUT2D eigenvalue weighted by atomic mass is 35.5. The summed E-state index contributed by atoms with van der Waals surface area (Å²) in [5.74, 6) is -0.0000283. The van der Waals surface area contributed by atoms with Gasteiger partial charge in [-0.15, -0.1) is 0 Å². The van der Waals surface area contributed by atoms with Gasteiger partial charge < -0.3 is 15.2 Å². The summed E-state index contributed by atoms with van der Waals surface area (Å²) in [6, 6.07) is 15.9. The molecule has 0 saturated carbocycles. The van der Waals surface area contributed by atoms with Crippen LogP contribution in [0.1, 0.15) is 41.9 Å². The third-order valence-electron chi connectivity index (χ3n) is 5.09. The van der Waals surface area contributed by atoms with Gasteiger partial charge in [0.05, 0.1) is 10.5 Å². The van der Waals surface area contributed by atoms with Crippen LogP contribution >= 0.6 is 11.6 Å². The van der Waals surface area contributed by atoms with Crippen LogP contribution in [0.5, 0.6) is 0 Å². The number of hydrogen-bond donors (Lipinski definition) is 1. The fraction of sp³-hybridized carbons (Fsp3) is 0.286. The van der Waals surface area contributed by atoms with Crippen molar-refractivity contribution in [1.82, 2.24) is 9.47 Å². The normalized spacial score (nSPS) is 15.6. The van der Waals surface area contributed by atoms with Gasteiger partial charge in [0.2, 0.25) is 0 Å². The Hall–Kier alpha value is -2.30. The zero-order chi connectivity index (χ0) is 18.3. The van der Waals surface area contributed by atoms with Gasteiger partial charge in [-0.25, -0.2) is 0 Å². The second-order valence-electron chi connectivity index (χ2n) is 6.89. The maximum absolute atomic E-state index is 13.2. The first-order chi connectivity index (χ1) is 12.6. The fourth-order valence-corrected chi connectivity index (χ4v) is 3.98. The number of fused-ring (bicyclic) bond motifs is 1. The van der Waals surface area contributed by atoms with E-state index in [0.717, 1.165) is 48.1 Å². The van der Waals surface area contributed by atoms with Crippen LogP contribution in [0.2, 0.25) is 5.02 Å². The molecule has 1 aliphatic rings. The third-order valence-corrected chi connectivity index (χ3v) is 5.47. The molecule has 0 radical (unpaired) electrons. The van der Waals surface area contributed by atoms with Crippen molar-refractivity contribution in [3.8, 4) is 5.69 Å². The number of nitrogens with two attached hydrogens (primary N) is 1. The molecule has 134 valence electrons. The Morgan fingerprint density at radius 3 is 2.38 bits per heavy atom. The van der Waals surface area contributed by atoms with Gasteiger partial charge in [-0.05, 0) is 43.5 Å². The number of amides is 1. The molecular formula is C21H22ClN3O. The Morgan fingerprint density at radius 1 is 1.08 bits per heavy atom. The Balaban J connectivity index is 1.91. The Morgan fingerprint density at radius 2 is 1.73 bits per heavy atom. The maximum atomic E-state index is 13.2. The minimum atomic E-state index is -0.0280. The van der Waals surface area contributed by atoms with Gasteiger partial charge >= 0.3 is 0 Å². The Kier molecular flexibility index (Phi) is 4.47. The quantitative estimate of drug-likeness (QED) is 0.738. The molecule has 5 heteroatoms. The summed E-state index contributed by atoms with van der Waals surface area (Å²) < 4.78 is 1.98. The Labute approximate surface area is 158 Å². The van der Waals surface area contributed by atoms with E-state index in [2.05, 4.69) is 0 Å². The first-order valence-corrected chi connectivity index (χ1v) is 9.40. The molecule has 3 aromatic rings. The molecular weight excluding hydrogens is 346 g/mol. The number of hydrogen-bond acceptors (Lipinski definition) is 2. The van der Waals surface area contributed by atoms with Crippen molar-refractivity contribution in [3.05, 3.63) is 64.8 Å². The fourth-order valence-electron chi connectivity index (χ4n) is 3.66. The van der Waals surface area contributed by atoms with Crippen molar-refractivity contribution in [2.45, 2.75) is 25.8 Å². The highest BCUT2D eigenvalue weighted by Gasteiger charge is 2.28. The molecule has 2 heterocycles. The molecule has 4 nitrogen and oxygen atoms in total. The topological polar surface area (TPSA) is 51.3 Å². The summed E-state index contributed by atoms with van der Waals surface area (Å²) in [7, 11) is 0. The van der Waals surface area contributed by atoms with E-state index in [9.17, 15) is 4.79 Å². The van der Waals surface area contributed by atoms with Crippen molar-refractivity contribution >= 4 is 28.4 Å². The molecule has 1 amide bonds. The van der Waals surface area contributed by atoms with E-state index in [0.29, 0.717) is 10.7 Å². The number of nitrogens with zero attached hydrogens (tertiary/aromatic N) is 2. The molecule has 1 unspecified atom stereocenters. The highest BCUT2D eigenvalue weighted by Crippen LogP contribution is 2.34. The lowest BCUT2D eigenvalue weighted by Gasteiger charge is -2.18. The average Bonchev–Trinajstić information content (AvgIpc) is 3.29. The van der Waals surface area contributed by atoms with E-state index < -0.39 is 0 Å². The molecule has 1 atom stereocenters. The molecule has 1 aliphatic heterocycles. The van der Waals surface area contributed by atoms with Gasteiger partial charge in [-0.1, -0.05) is 41.9 Å². The molecule has 1 saturated heterocycles. The van der Waals surface area contributed by atoms with Gasteiger partial charge in [0.1, 0.15) is 5.69 Å². The predicted molar refractivity (Wildman–Crippen MR) is 106 cm³/mol. The van der Waals surface area contributed by atoms with E-state index in [1.54, 1.807) is 0 Å². The number of aromatic nitrogens is 1. The number of carbonyl (C=O) groups is 1. The van der Waals surface area contributed by atoms with Crippen LogP contribution in [-0.2, 0) is 0 Å². The monoisotopic (exact) mass is 367 g/mol. The average molecular weight is 368 g/mol. The zero-order valence-corrected chi connectivity index (χ0v) is 15.5.